The van der Waals surface area contributed by atoms with Gasteiger partial charge >= 0.3 is 6.18 Å². The normalized spacial score (nSPS) is 11.6. The minimum atomic E-state index is -4.42. The Morgan fingerprint density at radius 1 is 1.30 bits per heavy atom. The van der Waals surface area contributed by atoms with E-state index in [2.05, 4.69) is 5.10 Å². The van der Waals surface area contributed by atoms with Crippen LogP contribution in [0.1, 0.15) is 12.0 Å². The van der Waals surface area contributed by atoms with Gasteiger partial charge in [0.25, 0.3) is 0 Å². The number of hydrogen-bond donors (Lipinski definition) is 1. The number of carbonyl (C=O) groups is 1. The molecule has 1 amide bonds. The van der Waals surface area contributed by atoms with Gasteiger partial charge in [0, 0.05) is 24.7 Å². The standard InChI is InChI=1S/C13H12F3N3O/c14-13(15,16)11-4-2-1-3-10(11)9-7-18-19(8-9)6-5-12(17)20/h1-4,7-8H,5-6H2,(H2,17,20). The van der Waals surface area contributed by atoms with Crippen molar-refractivity contribution in [1.29, 1.82) is 0 Å². The molecule has 106 valence electrons. The van der Waals surface area contributed by atoms with Crippen LogP contribution in [0.15, 0.2) is 36.7 Å². The van der Waals surface area contributed by atoms with Gasteiger partial charge in [-0.15, -0.1) is 0 Å². The molecule has 0 saturated carbocycles. The number of primary amides is 1. The van der Waals surface area contributed by atoms with Gasteiger partial charge in [-0.3, -0.25) is 9.48 Å². The van der Waals surface area contributed by atoms with Crippen molar-refractivity contribution in [3.63, 3.8) is 0 Å². The quantitative estimate of drug-likeness (QED) is 0.936. The van der Waals surface area contributed by atoms with Gasteiger partial charge in [0.15, 0.2) is 0 Å². The van der Waals surface area contributed by atoms with Gasteiger partial charge in [-0.25, -0.2) is 0 Å². The molecule has 7 heteroatoms. The number of amides is 1. The van der Waals surface area contributed by atoms with E-state index in [4.69, 9.17) is 5.73 Å². The predicted octanol–water partition coefficient (Wildman–Crippen LogP) is 2.44. The molecule has 1 aromatic carbocycles. The van der Waals surface area contributed by atoms with Gasteiger partial charge in [0.1, 0.15) is 0 Å². The average Bonchev–Trinajstić information content (AvgIpc) is 2.84. The number of nitrogens with zero attached hydrogens (tertiary/aromatic N) is 2. The number of aromatic nitrogens is 2. The molecule has 0 aliphatic rings. The van der Waals surface area contributed by atoms with Gasteiger partial charge in [-0.2, -0.15) is 18.3 Å². The lowest BCUT2D eigenvalue weighted by molar-refractivity contribution is -0.137. The predicted molar refractivity (Wildman–Crippen MR) is 66.5 cm³/mol. The third kappa shape index (κ3) is 3.17. The van der Waals surface area contributed by atoms with E-state index in [9.17, 15) is 18.0 Å². The zero-order valence-corrected chi connectivity index (χ0v) is 10.4. The number of aryl methyl sites for hydroxylation is 1. The van der Waals surface area contributed by atoms with Crippen LogP contribution in [0.2, 0.25) is 0 Å². The van der Waals surface area contributed by atoms with E-state index < -0.39 is 17.6 Å². The first kappa shape index (κ1) is 14.1. The molecule has 0 aliphatic carbocycles. The van der Waals surface area contributed by atoms with E-state index in [0.717, 1.165) is 6.07 Å². The lowest BCUT2D eigenvalue weighted by Gasteiger charge is -2.10. The molecule has 2 aromatic rings. The summed E-state index contributed by atoms with van der Waals surface area (Å²) >= 11 is 0. The first-order valence-corrected chi connectivity index (χ1v) is 5.85. The molecule has 0 unspecified atom stereocenters. The van der Waals surface area contributed by atoms with Crippen LogP contribution < -0.4 is 5.73 Å². The molecule has 0 bridgehead atoms. The Hall–Kier alpha value is -2.31. The molecule has 0 saturated heterocycles. The van der Waals surface area contributed by atoms with Gasteiger partial charge in [-0.1, -0.05) is 18.2 Å². The van der Waals surface area contributed by atoms with E-state index >= 15 is 0 Å². The zero-order valence-electron chi connectivity index (χ0n) is 10.4. The molecule has 2 rings (SSSR count). The SMILES string of the molecule is NC(=O)CCn1cc(-c2ccccc2C(F)(F)F)cn1. The van der Waals surface area contributed by atoms with Crippen LogP contribution in [0.3, 0.4) is 0 Å². The Balaban J connectivity index is 2.31. The highest BCUT2D eigenvalue weighted by Gasteiger charge is 2.33. The monoisotopic (exact) mass is 283 g/mol. The first-order valence-electron chi connectivity index (χ1n) is 5.85. The van der Waals surface area contributed by atoms with Crippen molar-refractivity contribution in [1.82, 2.24) is 9.78 Å². The molecule has 1 aromatic heterocycles. The van der Waals surface area contributed by atoms with Crippen LogP contribution >= 0.6 is 0 Å². The number of nitrogens with two attached hydrogens (primary N) is 1. The lowest BCUT2D eigenvalue weighted by atomic mass is 10.0. The summed E-state index contributed by atoms with van der Waals surface area (Å²) in [6, 6.07) is 5.28. The summed E-state index contributed by atoms with van der Waals surface area (Å²) in [6.07, 6.45) is -1.53. The summed E-state index contributed by atoms with van der Waals surface area (Å²) in [5, 5.41) is 3.93. The van der Waals surface area contributed by atoms with Crippen LogP contribution in [0.25, 0.3) is 11.1 Å². The van der Waals surface area contributed by atoms with Crippen molar-refractivity contribution in [3.05, 3.63) is 42.2 Å². The average molecular weight is 283 g/mol. The van der Waals surface area contributed by atoms with Crippen molar-refractivity contribution in [3.8, 4) is 11.1 Å². The zero-order chi connectivity index (χ0) is 14.8. The van der Waals surface area contributed by atoms with Crippen molar-refractivity contribution in [2.45, 2.75) is 19.1 Å². The summed E-state index contributed by atoms with van der Waals surface area (Å²) in [5.74, 6) is -0.488. The maximum absolute atomic E-state index is 12.9. The fraction of sp³-hybridized carbons (Fsp3) is 0.231. The molecular formula is C13H12F3N3O. The van der Waals surface area contributed by atoms with E-state index in [0.29, 0.717) is 5.56 Å². The first-order chi connectivity index (χ1) is 9.38. The fourth-order valence-corrected chi connectivity index (χ4v) is 1.83. The van der Waals surface area contributed by atoms with Gasteiger partial charge in [0.2, 0.25) is 5.91 Å². The van der Waals surface area contributed by atoms with Crippen molar-refractivity contribution >= 4 is 5.91 Å². The molecule has 1 heterocycles. The Morgan fingerprint density at radius 2 is 2.00 bits per heavy atom. The van der Waals surface area contributed by atoms with Gasteiger partial charge in [-0.05, 0) is 11.6 Å². The topological polar surface area (TPSA) is 60.9 Å². The number of carbonyl (C=O) groups excluding carboxylic acids is 1. The molecule has 0 radical (unpaired) electrons. The highest BCUT2D eigenvalue weighted by molar-refractivity contribution is 5.73. The van der Waals surface area contributed by atoms with Crippen LogP contribution in [-0.4, -0.2) is 15.7 Å². The van der Waals surface area contributed by atoms with Gasteiger partial charge < -0.3 is 5.73 Å². The van der Waals surface area contributed by atoms with Crippen molar-refractivity contribution in [2.75, 3.05) is 0 Å². The van der Waals surface area contributed by atoms with E-state index in [-0.39, 0.29) is 18.5 Å². The molecule has 0 spiro atoms. The second-order valence-electron chi connectivity index (χ2n) is 4.25. The second kappa shape index (κ2) is 5.36. The van der Waals surface area contributed by atoms with Gasteiger partial charge in [0.05, 0.1) is 11.8 Å². The highest BCUT2D eigenvalue weighted by atomic mass is 19.4. The van der Waals surface area contributed by atoms with Crippen LogP contribution in [0.5, 0.6) is 0 Å². The molecule has 20 heavy (non-hydrogen) atoms. The smallest absolute Gasteiger partial charge is 0.370 e. The molecular weight excluding hydrogens is 271 g/mol. The Labute approximate surface area is 113 Å². The maximum atomic E-state index is 12.9. The fourth-order valence-electron chi connectivity index (χ4n) is 1.83. The number of alkyl halides is 3. The number of benzene rings is 1. The molecule has 2 N–H and O–H groups in total. The third-order valence-corrected chi connectivity index (χ3v) is 2.76. The third-order valence-electron chi connectivity index (χ3n) is 2.76. The Morgan fingerprint density at radius 3 is 2.65 bits per heavy atom. The summed E-state index contributed by atoms with van der Waals surface area (Å²) in [4.78, 5) is 10.7. The summed E-state index contributed by atoms with van der Waals surface area (Å²) in [7, 11) is 0. The van der Waals surface area contributed by atoms with E-state index in [1.54, 1.807) is 0 Å². The minimum absolute atomic E-state index is 0.0605. The van der Waals surface area contributed by atoms with Crippen LogP contribution in [0, 0.1) is 0 Å². The molecule has 0 fully saturated rings. The summed E-state index contributed by atoms with van der Waals surface area (Å²) in [6.45, 7) is 0.240. The highest BCUT2D eigenvalue weighted by Crippen LogP contribution is 2.36. The second-order valence-corrected chi connectivity index (χ2v) is 4.25. The Kier molecular flexibility index (Phi) is 3.78. The number of hydrogen-bond acceptors (Lipinski definition) is 2. The summed E-state index contributed by atoms with van der Waals surface area (Å²) in [5.41, 5.74) is 4.71. The number of rotatable bonds is 4. The van der Waals surface area contributed by atoms with Crippen LogP contribution in [0.4, 0.5) is 13.2 Å². The maximum Gasteiger partial charge on any atom is 0.417 e. The van der Waals surface area contributed by atoms with Crippen LogP contribution in [-0.2, 0) is 17.5 Å². The molecule has 0 atom stereocenters. The van der Waals surface area contributed by atoms with E-state index in [1.165, 1.54) is 35.3 Å². The molecule has 0 aliphatic heterocycles. The van der Waals surface area contributed by atoms with E-state index in [1.807, 2.05) is 0 Å². The Bertz CT molecular complexity index is 619. The number of halogens is 3. The molecule has 4 nitrogen and oxygen atoms in total. The summed E-state index contributed by atoms with van der Waals surface area (Å²) < 4.78 is 40.1. The van der Waals surface area contributed by atoms with Crippen molar-refractivity contribution < 1.29 is 18.0 Å². The largest absolute Gasteiger partial charge is 0.417 e. The minimum Gasteiger partial charge on any atom is -0.370 e. The van der Waals surface area contributed by atoms with Crippen molar-refractivity contribution in [2.24, 2.45) is 5.73 Å². The lowest BCUT2D eigenvalue weighted by Crippen LogP contribution is -2.14.